The van der Waals surface area contributed by atoms with Crippen LogP contribution in [0.3, 0.4) is 0 Å². The van der Waals surface area contributed by atoms with Crippen LogP contribution >= 0.6 is 0 Å². The lowest BCUT2D eigenvalue weighted by atomic mass is 10.2. The molecule has 0 atom stereocenters. The lowest BCUT2D eigenvalue weighted by molar-refractivity contribution is -0.124. The van der Waals surface area contributed by atoms with Gasteiger partial charge in [0.2, 0.25) is 15.9 Å². The summed E-state index contributed by atoms with van der Waals surface area (Å²) >= 11 is 0. The molecule has 0 saturated carbocycles. The van der Waals surface area contributed by atoms with Gasteiger partial charge in [0.25, 0.3) is 0 Å². The van der Waals surface area contributed by atoms with Crippen molar-refractivity contribution < 1.29 is 13.2 Å². The Morgan fingerprint density at radius 1 is 1.32 bits per heavy atom. The number of nitrogens with one attached hydrogen (secondary N) is 1. The molecule has 0 aliphatic carbocycles. The van der Waals surface area contributed by atoms with Crippen molar-refractivity contribution in [2.75, 3.05) is 24.6 Å². The third kappa shape index (κ3) is 5.56. The van der Waals surface area contributed by atoms with Crippen molar-refractivity contribution in [2.45, 2.75) is 6.92 Å². The Kier molecular flexibility index (Phi) is 5.11. The molecule has 0 saturated heterocycles. The van der Waals surface area contributed by atoms with E-state index < -0.39 is 10.0 Å². The number of anilines is 1. The van der Waals surface area contributed by atoms with E-state index in [4.69, 9.17) is 0 Å². The third-order valence-corrected chi connectivity index (χ3v) is 3.09. The highest BCUT2D eigenvalue weighted by molar-refractivity contribution is 7.92. The molecule has 6 heteroatoms. The van der Waals surface area contributed by atoms with Gasteiger partial charge >= 0.3 is 0 Å². The average molecular weight is 282 g/mol. The molecule has 0 spiro atoms. The number of amides is 1. The van der Waals surface area contributed by atoms with Crippen molar-refractivity contribution in [3.05, 3.63) is 35.9 Å². The van der Waals surface area contributed by atoms with E-state index in [1.807, 2.05) is 6.92 Å². The van der Waals surface area contributed by atoms with Crippen LogP contribution in [0.4, 0.5) is 5.69 Å². The van der Waals surface area contributed by atoms with Crippen LogP contribution < -0.4 is 4.72 Å². The first-order chi connectivity index (χ1) is 8.81. The molecule has 1 amide bonds. The van der Waals surface area contributed by atoms with Gasteiger partial charge in [-0.3, -0.25) is 9.52 Å². The lowest BCUT2D eigenvalue weighted by Crippen LogP contribution is -2.23. The topological polar surface area (TPSA) is 66.5 Å². The molecule has 0 aliphatic heterocycles. The smallest absolute Gasteiger partial charge is 0.246 e. The Bertz CT molecular complexity index is 562. The second kappa shape index (κ2) is 6.38. The first-order valence-electron chi connectivity index (χ1n) is 5.83. The zero-order chi connectivity index (χ0) is 14.5. The molecule has 0 fully saturated rings. The maximum absolute atomic E-state index is 11.5. The number of likely N-dealkylation sites (N-methyl/N-ethyl adjacent to an activating group) is 1. The molecule has 0 unspecified atom stereocenters. The minimum absolute atomic E-state index is 0.0687. The maximum Gasteiger partial charge on any atom is 0.246 e. The molecule has 5 nitrogen and oxygen atoms in total. The molecule has 0 aromatic heterocycles. The fraction of sp³-hybridized carbons (Fsp3) is 0.308. The third-order valence-electron chi connectivity index (χ3n) is 2.48. The molecule has 104 valence electrons. The van der Waals surface area contributed by atoms with Gasteiger partial charge in [-0.2, -0.15) is 0 Å². The van der Waals surface area contributed by atoms with Gasteiger partial charge in [0.05, 0.1) is 6.26 Å². The fourth-order valence-electron chi connectivity index (χ4n) is 1.33. The maximum atomic E-state index is 11.5. The van der Waals surface area contributed by atoms with E-state index in [0.717, 1.165) is 11.8 Å². The number of hydrogen-bond acceptors (Lipinski definition) is 3. The summed E-state index contributed by atoms with van der Waals surface area (Å²) in [6.07, 6.45) is 4.28. The van der Waals surface area contributed by atoms with Crippen LogP contribution in [0.2, 0.25) is 0 Å². The molecular weight excluding hydrogens is 264 g/mol. The van der Waals surface area contributed by atoms with E-state index in [2.05, 4.69) is 4.72 Å². The van der Waals surface area contributed by atoms with Gasteiger partial charge in [-0.15, -0.1) is 0 Å². The number of carbonyl (C=O) groups is 1. The molecule has 1 rings (SSSR count). The summed E-state index contributed by atoms with van der Waals surface area (Å²) in [5.41, 5.74) is 1.33. The highest BCUT2D eigenvalue weighted by atomic mass is 32.2. The van der Waals surface area contributed by atoms with Crippen molar-refractivity contribution in [1.82, 2.24) is 4.90 Å². The van der Waals surface area contributed by atoms with Crippen molar-refractivity contribution in [3.8, 4) is 0 Å². The van der Waals surface area contributed by atoms with Crippen LogP contribution in [0.15, 0.2) is 30.3 Å². The predicted octanol–water partition coefficient (Wildman–Crippen LogP) is 1.55. The normalized spacial score (nSPS) is 11.5. The second-order valence-electron chi connectivity index (χ2n) is 4.18. The molecule has 1 aromatic carbocycles. The highest BCUT2D eigenvalue weighted by Crippen LogP contribution is 2.12. The fourth-order valence-corrected chi connectivity index (χ4v) is 1.89. The summed E-state index contributed by atoms with van der Waals surface area (Å²) in [5, 5.41) is 0. The lowest BCUT2D eigenvalue weighted by Gasteiger charge is -2.10. The van der Waals surface area contributed by atoms with Gasteiger partial charge in [-0.1, -0.05) is 12.1 Å². The van der Waals surface area contributed by atoms with Gasteiger partial charge in [0.1, 0.15) is 0 Å². The van der Waals surface area contributed by atoms with E-state index in [1.54, 1.807) is 42.3 Å². The first kappa shape index (κ1) is 15.2. The second-order valence-corrected chi connectivity index (χ2v) is 5.93. The van der Waals surface area contributed by atoms with E-state index in [-0.39, 0.29) is 5.91 Å². The van der Waals surface area contributed by atoms with Crippen molar-refractivity contribution in [2.24, 2.45) is 0 Å². The summed E-state index contributed by atoms with van der Waals surface area (Å²) in [5.74, 6) is -0.0687. The Morgan fingerprint density at radius 3 is 2.37 bits per heavy atom. The SMILES string of the molecule is CCN(C)C(=O)/C=C/c1ccc(NS(C)(=O)=O)cc1. The number of carbonyl (C=O) groups excluding carboxylic acids is 1. The Balaban J connectivity index is 2.72. The quantitative estimate of drug-likeness (QED) is 0.833. The summed E-state index contributed by atoms with van der Waals surface area (Å²) in [6.45, 7) is 2.55. The first-order valence-corrected chi connectivity index (χ1v) is 7.72. The molecule has 1 aromatic rings. The summed E-state index contributed by atoms with van der Waals surface area (Å²) in [6, 6.07) is 6.77. The summed E-state index contributed by atoms with van der Waals surface area (Å²) in [7, 11) is -1.53. The van der Waals surface area contributed by atoms with Gasteiger partial charge in [0.15, 0.2) is 0 Å². The van der Waals surface area contributed by atoms with Gasteiger partial charge in [-0.25, -0.2) is 8.42 Å². The largest absolute Gasteiger partial charge is 0.343 e. The van der Waals surface area contributed by atoms with Gasteiger partial charge in [-0.05, 0) is 30.7 Å². The molecule has 1 N–H and O–H groups in total. The standard InChI is InChI=1S/C13H18N2O3S/c1-4-15(2)13(16)10-7-11-5-8-12(9-6-11)14-19(3,17)18/h5-10,14H,4H2,1-3H3/b10-7+. The predicted molar refractivity (Wildman–Crippen MR) is 77.3 cm³/mol. The van der Waals surface area contributed by atoms with Crippen molar-refractivity contribution >= 4 is 27.7 Å². The monoisotopic (exact) mass is 282 g/mol. The molecule has 0 bridgehead atoms. The number of hydrogen-bond donors (Lipinski definition) is 1. The Morgan fingerprint density at radius 2 is 1.89 bits per heavy atom. The van der Waals surface area contributed by atoms with Crippen LogP contribution in [0.25, 0.3) is 6.08 Å². The van der Waals surface area contributed by atoms with Crippen LogP contribution in [0.1, 0.15) is 12.5 Å². The van der Waals surface area contributed by atoms with E-state index in [9.17, 15) is 13.2 Å². The molecular formula is C13H18N2O3S. The molecule has 19 heavy (non-hydrogen) atoms. The highest BCUT2D eigenvalue weighted by Gasteiger charge is 2.02. The number of sulfonamides is 1. The van der Waals surface area contributed by atoms with Crippen LogP contribution in [0.5, 0.6) is 0 Å². The van der Waals surface area contributed by atoms with Crippen LogP contribution in [-0.4, -0.2) is 39.1 Å². The zero-order valence-corrected chi connectivity index (χ0v) is 12.1. The Hall–Kier alpha value is -1.82. The Labute approximate surface area is 114 Å². The number of nitrogens with zero attached hydrogens (tertiary/aromatic N) is 1. The molecule has 0 heterocycles. The van der Waals surface area contributed by atoms with Crippen molar-refractivity contribution in [1.29, 1.82) is 0 Å². The molecule has 0 radical (unpaired) electrons. The van der Waals surface area contributed by atoms with Crippen LogP contribution in [-0.2, 0) is 14.8 Å². The van der Waals surface area contributed by atoms with Gasteiger partial charge < -0.3 is 4.90 Å². The number of benzene rings is 1. The number of rotatable bonds is 5. The summed E-state index contributed by atoms with van der Waals surface area (Å²) in [4.78, 5) is 13.1. The minimum Gasteiger partial charge on any atom is -0.343 e. The molecule has 0 aliphatic rings. The summed E-state index contributed by atoms with van der Waals surface area (Å²) < 4.78 is 24.4. The minimum atomic E-state index is -3.26. The zero-order valence-electron chi connectivity index (χ0n) is 11.3. The van der Waals surface area contributed by atoms with E-state index in [1.165, 1.54) is 6.08 Å². The van der Waals surface area contributed by atoms with Crippen LogP contribution in [0, 0.1) is 0 Å². The van der Waals surface area contributed by atoms with E-state index in [0.29, 0.717) is 12.2 Å². The van der Waals surface area contributed by atoms with E-state index >= 15 is 0 Å². The van der Waals surface area contributed by atoms with Gasteiger partial charge in [0, 0.05) is 25.4 Å². The average Bonchev–Trinajstić information content (AvgIpc) is 2.34. The van der Waals surface area contributed by atoms with Crippen molar-refractivity contribution in [3.63, 3.8) is 0 Å².